The fraction of sp³-hybridized carbons (Fsp3) is 0.208. The molecule has 0 heterocycles. The summed E-state index contributed by atoms with van der Waals surface area (Å²) < 4.78 is 32.9. The number of carbonyl (C=O) groups excluding carboxylic acids is 1. The van der Waals surface area contributed by atoms with Gasteiger partial charge in [0.15, 0.2) is 0 Å². The molecule has 0 aliphatic carbocycles. The molecule has 0 saturated heterocycles. The third kappa shape index (κ3) is 4.88. The summed E-state index contributed by atoms with van der Waals surface area (Å²) in [4.78, 5) is 13.1. The highest BCUT2D eigenvalue weighted by molar-refractivity contribution is 7.92. The summed E-state index contributed by atoms with van der Waals surface area (Å²) in [5.41, 5.74) is 3.05. The Balaban J connectivity index is 1.91. The molecule has 0 spiro atoms. The zero-order valence-electron chi connectivity index (χ0n) is 18.0. The van der Waals surface area contributed by atoms with Gasteiger partial charge in [0.05, 0.1) is 22.9 Å². The molecular formula is C24H26N2O4S. The van der Waals surface area contributed by atoms with Crippen LogP contribution in [-0.2, 0) is 10.0 Å². The number of hydrogen-bond donors (Lipinski definition) is 1. The summed E-state index contributed by atoms with van der Waals surface area (Å²) in [5, 5.41) is 2.84. The largest absolute Gasteiger partial charge is 0.492 e. The van der Waals surface area contributed by atoms with Crippen LogP contribution in [0.5, 0.6) is 5.75 Å². The number of hydrogen-bond acceptors (Lipinski definition) is 4. The molecule has 1 N–H and O–H groups in total. The lowest BCUT2D eigenvalue weighted by Crippen LogP contribution is -2.27. The van der Waals surface area contributed by atoms with Crippen molar-refractivity contribution in [1.82, 2.24) is 0 Å². The van der Waals surface area contributed by atoms with E-state index in [4.69, 9.17) is 4.74 Å². The van der Waals surface area contributed by atoms with Crippen molar-refractivity contribution < 1.29 is 17.9 Å². The quantitative estimate of drug-likeness (QED) is 0.576. The van der Waals surface area contributed by atoms with Gasteiger partial charge < -0.3 is 10.1 Å². The molecule has 1 amide bonds. The number of rotatable bonds is 7. The highest BCUT2D eigenvalue weighted by Crippen LogP contribution is 2.28. The smallest absolute Gasteiger partial charge is 0.264 e. The number of nitrogens with zero attached hydrogens (tertiary/aromatic N) is 1. The van der Waals surface area contributed by atoms with E-state index in [0.29, 0.717) is 29.3 Å². The van der Waals surface area contributed by atoms with E-state index in [-0.39, 0.29) is 10.8 Å². The maximum atomic E-state index is 13.1. The van der Waals surface area contributed by atoms with E-state index in [1.165, 1.54) is 11.4 Å². The molecule has 162 valence electrons. The Kier molecular flexibility index (Phi) is 6.65. The van der Waals surface area contributed by atoms with Crippen LogP contribution in [0, 0.1) is 13.8 Å². The molecule has 0 bridgehead atoms. The zero-order chi connectivity index (χ0) is 22.6. The minimum absolute atomic E-state index is 0.195. The van der Waals surface area contributed by atoms with Crippen molar-refractivity contribution in [3.05, 3.63) is 83.4 Å². The summed E-state index contributed by atoms with van der Waals surface area (Å²) >= 11 is 0. The first kappa shape index (κ1) is 22.4. The Bertz CT molecular complexity index is 1190. The number of anilines is 2. The zero-order valence-corrected chi connectivity index (χ0v) is 18.9. The third-order valence-corrected chi connectivity index (χ3v) is 6.71. The Morgan fingerprint density at radius 1 is 1.00 bits per heavy atom. The predicted octanol–water partition coefficient (Wildman–Crippen LogP) is 4.78. The van der Waals surface area contributed by atoms with Crippen molar-refractivity contribution in [1.29, 1.82) is 0 Å². The summed E-state index contributed by atoms with van der Waals surface area (Å²) in [6.07, 6.45) is 0. The molecule has 0 aliphatic rings. The number of aryl methyl sites for hydroxylation is 2. The van der Waals surface area contributed by atoms with Crippen molar-refractivity contribution >= 4 is 27.3 Å². The van der Waals surface area contributed by atoms with Crippen LogP contribution in [-0.4, -0.2) is 28.0 Å². The van der Waals surface area contributed by atoms with Crippen molar-refractivity contribution in [2.45, 2.75) is 25.7 Å². The van der Waals surface area contributed by atoms with Crippen LogP contribution in [0.25, 0.3) is 0 Å². The number of para-hydroxylation sites is 2. The van der Waals surface area contributed by atoms with Gasteiger partial charge in [-0.25, -0.2) is 8.42 Å². The van der Waals surface area contributed by atoms with Gasteiger partial charge in [-0.2, -0.15) is 0 Å². The Hall–Kier alpha value is -3.32. The maximum Gasteiger partial charge on any atom is 0.264 e. The van der Waals surface area contributed by atoms with Gasteiger partial charge >= 0.3 is 0 Å². The van der Waals surface area contributed by atoms with E-state index in [2.05, 4.69) is 5.32 Å². The first-order chi connectivity index (χ1) is 14.7. The standard InChI is InChI=1S/C24H26N2O4S/c1-5-30-23-9-7-6-8-21(23)25-24(27)19-13-12-18(3)22(16-19)26(4)31(28,29)20-14-10-17(2)11-15-20/h6-16H,5H2,1-4H3,(H,25,27). The van der Waals surface area contributed by atoms with Crippen LogP contribution < -0.4 is 14.4 Å². The molecule has 0 atom stereocenters. The second-order valence-electron chi connectivity index (χ2n) is 7.17. The van der Waals surface area contributed by atoms with Crippen LogP contribution in [0.3, 0.4) is 0 Å². The van der Waals surface area contributed by atoms with Gasteiger partial charge in [0.2, 0.25) is 0 Å². The van der Waals surface area contributed by atoms with Gasteiger partial charge in [-0.1, -0.05) is 35.9 Å². The fourth-order valence-electron chi connectivity index (χ4n) is 3.13. The lowest BCUT2D eigenvalue weighted by Gasteiger charge is -2.22. The van der Waals surface area contributed by atoms with Crippen molar-refractivity contribution in [2.24, 2.45) is 0 Å². The van der Waals surface area contributed by atoms with E-state index >= 15 is 0 Å². The lowest BCUT2D eigenvalue weighted by atomic mass is 10.1. The van der Waals surface area contributed by atoms with Gasteiger partial charge in [-0.05, 0) is 62.7 Å². The SMILES string of the molecule is CCOc1ccccc1NC(=O)c1ccc(C)c(N(C)S(=O)(=O)c2ccc(C)cc2)c1. The normalized spacial score (nSPS) is 11.1. The number of nitrogens with one attached hydrogen (secondary N) is 1. The van der Waals surface area contributed by atoms with Crippen LogP contribution in [0.4, 0.5) is 11.4 Å². The fourth-order valence-corrected chi connectivity index (χ4v) is 4.39. The summed E-state index contributed by atoms with van der Waals surface area (Å²) in [7, 11) is -2.28. The number of sulfonamides is 1. The first-order valence-corrected chi connectivity index (χ1v) is 11.4. The van der Waals surface area contributed by atoms with E-state index < -0.39 is 10.0 Å². The van der Waals surface area contributed by atoms with Crippen LogP contribution >= 0.6 is 0 Å². The van der Waals surface area contributed by atoms with Gasteiger partial charge in [-0.3, -0.25) is 9.10 Å². The summed E-state index contributed by atoms with van der Waals surface area (Å²) in [6, 6.07) is 18.8. The molecule has 0 unspecified atom stereocenters. The van der Waals surface area contributed by atoms with E-state index in [0.717, 1.165) is 11.1 Å². The van der Waals surface area contributed by atoms with Crippen molar-refractivity contribution in [3.8, 4) is 5.75 Å². The average molecular weight is 439 g/mol. The Morgan fingerprint density at radius 2 is 1.68 bits per heavy atom. The molecule has 31 heavy (non-hydrogen) atoms. The molecule has 0 fully saturated rings. The van der Waals surface area contributed by atoms with Gasteiger partial charge in [0.25, 0.3) is 15.9 Å². The topological polar surface area (TPSA) is 75.7 Å². The molecule has 3 aromatic carbocycles. The maximum absolute atomic E-state index is 13.1. The molecule has 7 heteroatoms. The van der Waals surface area contributed by atoms with Crippen LogP contribution in [0.2, 0.25) is 0 Å². The first-order valence-electron chi connectivity index (χ1n) is 9.93. The second kappa shape index (κ2) is 9.22. The minimum atomic E-state index is -3.77. The molecule has 3 rings (SSSR count). The highest BCUT2D eigenvalue weighted by atomic mass is 32.2. The van der Waals surface area contributed by atoms with Gasteiger partial charge in [0, 0.05) is 12.6 Å². The number of amides is 1. The summed E-state index contributed by atoms with van der Waals surface area (Å²) in [5.74, 6) is 0.222. The summed E-state index contributed by atoms with van der Waals surface area (Å²) in [6.45, 7) is 6.05. The molecular weight excluding hydrogens is 412 g/mol. The minimum Gasteiger partial charge on any atom is -0.492 e. The Morgan fingerprint density at radius 3 is 2.35 bits per heavy atom. The van der Waals surface area contributed by atoms with E-state index in [1.807, 2.05) is 26.8 Å². The molecule has 6 nitrogen and oxygen atoms in total. The van der Waals surface area contributed by atoms with Crippen LogP contribution in [0.15, 0.2) is 71.6 Å². The average Bonchev–Trinajstić information content (AvgIpc) is 2.75. The molecule has 3 aromatic rings. The molecule has 0 saturated carbocycles. The Labute approximate surface area is 183 Å². The van der Waals surface area contributed by atoms with Crippen LogP contribution in [0.1, 0.15) is 28.4 Å². The lowest BCUT2D eigenvalue weighted by molar-refractivity contribution is 0.102. The molecule has 0 aliphatic heterocycles. The number of carbonyl (C=O) groups is 1. The van der Waals surface area contributed by atoms with Crippen molar-refractivity contribution in [2.75, 3.05) is 23.3 Å². The van der Waals surface area contributed by atoms with Crippen molar-refractivity contribution in [3.63, 3.8) is 0 Å². The van der Waals surface area contributed by atoms with E-state index in [1.54, 1.807) is 60.7 Å². The molecule has 0 aromatic heterocycles. The molecule has 0 radical (unpaired) electrons. The second-order valence-corrected chi connectivity index (χ2v) is 9.14. The van der Waals surface area contributed by atoms with Gasteiger partial charge in [-0.15, -0.1) is 0 Å². The number of ether oxygens (including phenoxy) is 1. The monoisotopic (exact) mass is 438 g/mol. The number of benzene rings is 3. The predicted molar refractivity (Wildman–Crippen MR) is 124 cm³/mol. The highest BCUT2D eigenvalue weighted by Gasteiger charge is 2.23. The van der Waals surface area contributed by atoms with E-state index in [9.17, 15) is 13.2 Å². The van der Waals surface area contributed by atoms with Gasteiger partial charge in [0.1, 0.15) is 5.75 Å². The third-order valence-electron chi connectivity index (χ3n) is 4.93.